The summed E-state index contributed by atoms with van der Waals surface area (Å²) < 4.78 is 77.7. The molecule has 3 rings (SSSR count). The number of aromatic nitrogens is 2. The van der Waals surface area contributed by atoms with Crippen molar-refractivity contribution in [2.75, 3.05) is 13.0 Å². The van der Waals surface area contributed by atoms with Crippen molar-refractivity contribution in [3.63, 3.8) is 0 Å². The Morgan fingerprint density at radius 1 is 1.12 bits per heavy atom. The van der Waals surface area contributed by atoms with Gasteiger partial charge < -0.3 is 14.2 Å². The molecule has 0 fully saturated rings. The highest BCUT2D eigenvalue weighted by Crippen LogP contribution is 2.64. The summed E-state index contributed by atoms with van der Waals surface area (Å²) in [6, 6.07) is 9.42. The second kappa shape index (κ2) is 11.3. The van der Waals surface area contributed by atoms with E-state index < -0.39 is 52.5 Å². The van der Waals surface area contributed by atoms with E-state index in [4.69, 9.17) is 0 Å². The number of hydrogen-bond donors (Lipinski definition) is 1. The van der Waals surface area contributed by atoms with Gasteiger partial charge in [0.15, 0.2) is 9.84 Å². The van der Waals surface area contributed by atoms with Crippen molar-refractivity contribution in [2.45, 2.75) is 37.9 Å². The molecule has 40 heavy (non-hydrogen) atoms. The molecule has 0 amide bonds. The van der Waals surface area contributed by atoms with E-state index in [2.05, 4.69) is 25.2 Å². The highest BCUT2D eigenvalue weighted by molar-refractivity contribution is 9.10. The minimum absolute atomic E-state index is 0.0523. The van der Waals surface area contributed by atoms with Crippen LogP contribution in [0.25, 0.3) is 11.3 Å². The fourth-order valence-corrected chi connectivity index (χ4v) is 5.86. The van der Waals surface area contributed by atoms with Gasteiger partial charge in [0.2, 0.25) is 6.79 Å². The van der Waals surface area contributed by atoms with Crippen LogP contribution in [0.1, 0.15) is 31.9 Å². The first-order valence-corrected chi connectivity index (χ1v) is 15.9. The lowest BCUT2D eigenvalue weighted by Crippen LogP contribution is -2.25. The van der Waals surface area contributed by atoms with Crippen LogP contribution < -0.4 is 5.69 Å². The zero-order valence-electron chi connectivity index (χ0n) is 22.2. The fourth-order valence-electron chi connectivity index (χ4n) is 3.54. The lowest BCUT2D eigenvalue weighted by Gasteiger charge is -2.24. The van der Waals surface area contributed by atoms with Crippen molar-refractivity contribution in [3.05, 3.63) is 74.7 Å². The first-order chi connectivity index (χ1) is 18.3. The van der Waals surface area contributed by atoms with Crippen molar-refractivity contribution >= 4 is 39.3 Å². The number of ether oxygens (including phenoxy) is 1. The zero-order valence-corrected chi connectivity index (χ0v) is 25.5. The summed E-state index contributed by atoms with van der Waals surface area (Å²) >= 11 is 3.02. The molecule has 3 aromatic rings. The van der Waals surface area contributed by atoms with Gasteiger partial charge in [-0.05, 0) is 50.1 Å². The molecule has 1 unspecified atom stereocenters. The minimum atomic E-state index is -5.64. The van der Waals surface area contributed by atoms with E-state index in [0.717, 1.165) is 12.3 Å². The number of imidazole rings is 1. The monoisotopic (exact) mass is 664 g/mol. The van der Waals surface area contributed by atoms with Crippen LogP contribution in [0.15, 0.2) is 62.8 Å². The third-order valence-corrected chi connectivity index (χ3v) is 8.99. The van der Waals surface area contributed by atoms with Crippen molar-refractivity contribution in [2.24, 2.45) is 12.5 Å². The van der Waals surface area contributed by atoms with Crippen LogP contribution in [0.3, 0.4) is 0 Å². The Bertz CT molecular complexity index is 1640. The Morgan fingerprint density at radius 2 is 1.73 bits per heavy atom. The summed E-state index contributed by atoms with van der Waals surface area (Å²) in [7, 11) is -7.53. The molecule has 218 valence electrons. The number of aryl methyl sites for hydroxylation is 1. The molecule has 2 aromatic carbocycles. The molecule has 0 bridgehead atoms. The Balaban J connectivity index is 1.87. The van der Waals surface area contributed by atoms with Crippen molar-refractivity contribution in [1.82, 2.24) is 9.13 Å². The first kappa shape index (κ1) is 31.9. The Labute approximate surface area is 238 Å². The number of hydrogen-bond acceptors (Lipinski definition) is 7. The van der Waals surface area contributed by atoms with E-state index in [9.17, 15) is 27.5 Å². The molecule has 0 spiro atoms. The third kappa shape index (κ3) is 6.80. The third-order valence-electron chi connectivity index (χ3n) is 5.80. The number of sulfone groups is 1. The van der Waals surface area contributed by atoms with Crippen LogP contribution in [0.2, 0.25) is 0 Å². The maximum atomic E-state index is 15.1. The molecule has 0 saturated carbocycles. The topological polar surface area (TPSA) is 134 Å². The lowest BCUT2D eigenvalue weighted by molar-refractivity contribution is -0.160. The number of carbonyl (C=O) groups excluding carboxylic acids is 1. The van der Waals surface area contributed by atoms with Crippen molar-refractivity contribution in [1.29, 1.82) is 0 Å². The second-order valence-corrected chi connectivity index (χ2v) is 14.8. The molecule has 1 N–H and O–H groups in total. The molecule has 10 nitrogen and oxygen atoms in total. The smallest absolute Gasteiger partial charge is 0.404 e. The summed E-state index contributed by atoms with van der Waals surface area (Å²) in [4.78, 5) is 34.7. The van der Waals surface area contributed by atoms with E-state index in [0.29, 0.717) is 16.8 Å². The van der Waals surface area contributed by atoms with Crippen molar-refractivity contribution in [3.8, 4) is 11.3 Å². The SMILES string of the molecule is Cn1cc(-c2ccc(S(C)(=O)=O)cc2)n(Cc2ccc(C(F)(F)P(=O)(O)OCOC(=O)C(C)(C)C)c(Br)c2)c1=O. The fraction of sp³-hybridized carbons (Fsp3) is 0.360. The highest BCUT2D eigenvalue weighted by atomic mass is 79.9. The summed E-state index contributed by atoms with van der Waals surface area (Å²) in [5.74, 6) is -0.803. The van der Waals surface area contributed by atoms with E-state index in [-0.39, 0.29) is 15.9 Å². The van der Waals surface area contributed by atoms with Crippen molar-refractivity contribution < 1.29 is 40.7 Å². The number of benzene rings is 2. The summed E-state index contributed by atoms with van der Waals surface area (Å²) in [6.45, 7) is 3.36. The van der Waals surface area contributed by atoms with Crippen LogP contribution >= 0.6 is 23.5 Å². The van der Waals surface area contributed by atoms with Gasteiger partial charge in [-0.3, -0.25) is 18.5 Å². The molecule has 0 saturated heterocycles. The molecule has 1 atom stereocenters. The number of rotatable bonds is 9. The normalized spacial score (nSPS) is 14.1. The first-order valence-electron chi connectivity index (χ1n) is 11.6. The molecule has 0 aliphatic heterocycles. The number of alkyl halides is 2. The van der Waals surface area contributed by atoms with Gasteiger partial charge in [-0.2, -0.15) is 8.78 Å². The predicted octanol–water partition coefficient (Wildman–Crippen LogP) is 4.87. The zero-order chi connectivity index (χ0) is 30.3. The van der Waals surface area contributed by atoms with Gasteiger partial charge in [0.25, 0.3) is 0 Å². The van der Waals surface area contributed by atoms with E-state index in [1.54, 1.807) is 18.3 Å². The minimum Gasteiger partial charge on any atom is -0.438 e. The van der Waals surface area contributed by atoms with Crippen LogP contribution in [0.5, 0.6) is 0 Å². The van der Waals surface area contributed by atoms with Crippen LogP contribution in [-0.2, 0) is 47.7 Å². The Hall–Kier alpha value is -2.64. The van der Waals surface area contributed by atoms with Gasteiger partial charge in [-0.1, -0.05) is 40.2 Å². The molecule has 0 radical (unpaired) electrons. The number of halogens is 3. The summed E-state index contributed by atoms with van der Waals surface area (Å²) in [5, 5.41) is 0. The predicted molar refractivity (Wildman–Crippen MR) is 147 cm³/mol. The average molecular weight is 665 g/mol. The quantitative estimate of drug-likeness (QED) is 0.195. The van der Waals surface area contributed by atoms with Crippen LogP contribution in [-0.4, -0.2) is 41.5 Å². The average Bonchev–Trinajstić information content (AvgIpc) is 3.11. The molecule has 0 aliphatic rings. The molecule has 1 aromatic heterocycles. The van der Waals surface area contributed by atoms with E-state index >= 15 is 8.78 Å². The second-order valence-electron chi connectivity index (χ2n) is 10.1. The molecular formula is C25H28BrF2N2O8PS. The standard InChI is InChI=1S/C25H28BrF2N2O8PS/c1-24(2,3)22(31)37-15-38-39(33,34)25(27,28)19-11-6-16(12-20(19)26)13-30-21(14-29(4)23(30)32)17-7-9-18(10-8-17)40(5,35)36/h6-12,14H,13,15H2,1-5H3,(H,33,34). The maximum Gasteiger partial charge on any atom is 0.404 e. The Morgan fingerprint density at radius 3 is 2.25 bits per heavy atom. The van der Waals surface area contributed by atoms with Gasteiger partial charge in [0, 0.05) is 29.5 Å². The lowest BCUT2D eigenvalue weighted by atomic mass is 9.98. The van der Waals surface area contributed by atoms with Gasteiger partial charge >= 0.3 is 24.9 Å². The van der Waals surface area contributed by atoms with E-state index in [1.807, 2.05) is 0 Å². The maximum absolute atomic E-state index is 15.1. The van der Waals surface area contributed by atoms with Gasteiger partial charge in [-0.25, -0.2) is 13.2 Å². The summed E-state index contributed by atoms with van der Waals surface area (Å²) in [5.41, 5.74) is -5.18. The van der Waals surface area contributed by atoms with Crippen LogP contribution in [0.4, 0.5) is 8.78 Å². The van der Waals surface area contributed by atoms with Gasteiger partial charge in [0.1, 0.15) is 0 Å². The largest absolute Gasteiger partial charge is 0.438 e. The highest BCUT2D eigenvalue weighted by Gasteiger charge is 2.54. The molecule has 0 aliphatic carbocycles. The molecule has 15 heteroatoms. The number of esters is 1. The number of nitrogens with zero attached hydrogens (tertiary/aromatic N) is 2. The van der Waals surface area contributed by atoms with Gasteiger partial charge in [0.05, 0.1) is 22.5 Å². The molecular weight excluding hydrogens is 637 g/mol. The summed E-state index contributed by atoms with van der Waals surface area (Å²) in [6.07, 6.45) is 2.64. The molecule has 1 heterocycles. The van der Waals surface area contributed by atoms with Crippen LogP contribution in [0, 0.1) is 5.41 Å². The van der Waals surface area contributed by atoms with E-state index in [1.165, 1.54) is 61.2 Å². The Kier molecular flexibility index (Phi) is 9.03. The van der Waals surface area contributed by atoms with Gasteiger partial charge in [-0.15, -0.1) is 0 Å². The number of carbonyl (C=O) groups is 1.